The van der Waals surface area contributed by atoms with Gasteiger partial charge < -0.3 is 5.11 Å². The van der Waals surface area contributed by atoms with Crippen LogP contribution >= 0.6 is 0 Å². The molecule has 2 nitrogen and oxygen atoms in total. The van der Waals surface area contributed by atoms with E-state index in [0.29, 0.717) is 11.8 Å². The fourth-order valence-corrected chi connectivity index (χ4v) is 1.66. The number of hydrogen-bond donors (Lipinski definition) is 1. The van der Waals surface area contributed by atoms with Crippen molar-refractivity contribution in [3.05, 3.63) is 28.8 Å². The maximum absolute atomic E-state index is 9.95. The van der Waals surface area contributed by atoms with Crippen LogP contribution in [0.5, 0.6) is 5.75 Å². The van der Waals surface area contributed by atoms with E-state index in [2.05, 4.69) is 18.8 Å². The molecule has 1 aromatic carbocycles. The highest BCUT2D eigenvalue weighted by Gasteiger charge is 2.06. The smallest absolute Gasteiger partial charge is 0.127 e. The molecule has 0 aromatic heterocycles. The Kier molecular flexibility index (Phi) is 4.53. The molecule has 0 atom stereocenters. The van der Waals surface area contributed by atoms with Crippen LogP contribution in [0, 0.1) is 13.8 Å². The molecule has 0 aliphatic carbocycles. The lowest BCUT2D eigenvalue weighted by Gasteiger charge is -2.09. The summed E-state index contributed by atoms with van der Waals surface area (Å²) < 4.78 is 0. The predicted molar refractivity (Wildman–Crippen MR) is 69.5 cm³/mol. The van der Waals surface area contributed by atoms with Crippen molar-refractivity contribution in [2.75, 3.05) is 0 Å². The molecule has 1 N–H and O–H groups in total. The van der Waals surface area contributed by atoms with Crippen LogP contribution in [0.15, 0.2) is 17.1 Å². The zero-order valence-corrected chi connectivity index (χ0v) is 10.6. The summed E-state index contributed by atoms with van der Waals surface area (Å²) in [5, 5.41) is 9.95. The quantitative estimate of drug-likeness (QED) is 0.771. The van der Waals surface area contributed by atoms with Crippen LogP contribution in [0.2, 0.25) is 0 Å². The zero-order chi connectivity index (χ0) is 12.1. The highest BCUT2D eigenvalue weighted by atomic mass is 16.3. The SMILES string of the molecule is CCC(CC)N=Cc1c(C)ccc(C)c1O. The number of benzene rings is 1. The topological polar surface area (TPSA) is 32.6 Å². The van der Waals surface area contributed by atoms with Crippen molar-refractivity contribution in [1.29, 1.82) is 0 Å². The second kappa shape index (κ2) is 5.69. The summed E-state index contributed by atoms with van der Waals surface area (Å²) in [5.74, 6) is 0.356. The van der Waals surface area contributed by atoms with E-state index in [1.165, 1.54) is 0 Å². The Morgan fingerprint density at radius 3 is 2.31 bits per heavy atom. The number of aromatic hydroxyl groups is 1. The average Bonchev–Trinajstić information content (AvgIpc) is 2.29. The number of nitrogens with zero attached hydrogens (tertiary/aromatic N) is 1. The van der Waals surface area contributed by atoms with Crippen molar-refractivity contribution >= 4 is 6.21 Å². The number of phenolic OH excluding ortho intramolecular Hbond substituents is 1. The lowest BCUT2D eigenvalue weighted by molar-refractivity contribution is 0.469. The van der Waals surface area contributed by atoms with E-state index in [1.54, 1.807) is 0 Å². The van der Waals surface area contributed by atoms with Crippen molar-refractivity contribution in [3.63, 3.8) is 0 Å². The summed E-state index contributed by atoms with van der Waals surface area (Å²) in [6.45, 7) is 8.17. The van der Waals surface area contributed by atoms with E-state index in [1.807, 2.05) is 32.2 Å². The van der Waals surface area contributed by atoms with Crippen LogP contribution in [-0.2, 0) is 0 Å². The molecule has 0 saturated heterocycles. The van der Waals surface area contributed by atoms with Gasteiger partial charge in [-0.25, -0.2) is 0 Å². The number of aliphatic imine (C=N–C) groups is 1. The molecule has 16 heavy (non-hydrogen) atoms. The summed E-state index contributed by atoms with van der Waals surface area (Å²) in [5.41, 5.74) is 2.82. The number of hydrogen-bond acceptors (Lipinski definition) is 2. The van der Waals surface area contributed by atoms with Crippen molar-refractivity contribution in [1.82, 2.24) is 0 Å². The van der Waals surface area contributed by atoms with Crippen molar-refractivity contribution < 1.29 is 5.11 Å². The minimum Gasteiger partial charge on any atom is -0.507 e. The van der Waals surface area contributed by atoms with Gasteiger partial charge in [-0.2, -0.15) is 0 Å². The standard InChI is InChI=1S/C14H21NO/c1-5-12(6-2)15-9-13-10(3)7-8-11(4)14(13)16/h7-9,12,16H,5-6H2,1-4H3. The van der Waals surface area contributed by atoms with Gasteiger partial charge in [-0.15, -0.1) is 0 Å². The maximum Gasteiger partial charge on any atom is 0.127 e. The number of rotatable bonds is 4. The second-order valence-electron chi connectivity index (χ2n) is 4.21. The molecular formula is C14H21NO. The summed E-state index contributed by atoms with van der Waals surface area (Å²) in [4.78, 5) is 4.51. The molecule has 0 aliphatic heterocycles. The molecule has 0 saturated carbocycles. The lowest BCUT2D eigenvalue weighted by atomic mass is 10.0. The molecular weight excluding hydrogens is 198 g/mol. The van der Waals surface area contributed by atoms with E-state index >= 15 is 0 Å². The van der Waals surface area contributed by atoms with Crippen molar-refractivity contribution in [3.8, 4) is 5.75 Å². The lowest BCUT2D eigenvalue weighted by Crippen LogP contribution is -2.01. The predicted octanol–water partition coefficient (Wildman–Crippen LogP) is 3.62. The van der Waals surface area contributed by atoms with E-state index in [0.717, 1.165) is 29.5 Å². The molecule has 0 bridgehead atoms. The molecule has 0 radical (unpaired) electrons. The number of aryl methyl sites for hydroxylation is 2. The summed E-state index contributed by atoms with van der Waals surface area (Å²) in [7, 11) is 0. The normalized spacial score (nSPS) is 11.6. The van der Waals surface area contributed by atoms with E-state index in [4.69, 9.17) is 0 Å². The Morgan fingerprint density at radius 1 is 1.19 bits per heavy atom. The number of phenols is 1. The van der Waals surface area contributed by atoms with Crippen molar-refractivity contribution in [2.45, 2.75) is 46.6 Å². The van der Waals surface area contributed by atoms with Crippen molar-refractivity contribution in [2.24, 2.45) is 4.99 Å². The Hall–Kier alpha value is -1.31. The van der Waals surface area contributed by atoms with Gasteiger partial charge >= 0.3 is 0 Å². The van der Waals surface area contributed by atoms with E-state index in [9.17, 15) is 5.11 Å². The first kappa shape index (κ1) is 12.8. The van der Waals surface area contributed by atoms with Gasteiger partial charge in [0.15, 0.2) is 0 Å². The maximum atomic E-state index is 9.95. The van der Waals surface area contributed by atoms with Gasteiger partial charge in [0, 0.05) is 17.8 Å². The summed E-state index contributed by atoms with van der Waals surface area (Å²) >= 11 is 0. The highest BCUT2D eigenvalue weighted by molar-refractivity contribution is 5.86. The second-order valence-corrected chi connectivity index (χ2v) is 4.21. The van der Waals surface area contributed by atoms with E-state index < -0.39 is 0 Å². The largest absolute Gasteiger partial charge is 0.507 e. The molecule has 88 valence electrons. The minimum absolute atomic E-state index is 0.356. The summed E-state index contributed by atoms with van der Waals surface area (Å²) in [6.07, 6.45) is 3.90. The molecule has 2 heteroatoms. The van der Waals surface area contributed by atoms with Crippen LogP contribution in [0.25, 0.3) is 0 Å². The van der Waals surface area contributed by atoms with Gasteiger partial charge in [-0.3, -0.25) is 4.99 Å². The third kappa shape index (κ3) is 2.84. The Bertz CT molecular complexity index is 379. The van der Waals surface area contributed by atoms with Crippen LogP contribution in [-0.4, -0.2) is 17.4 Å². The Morgan fingerprint density at radius 2 is 1.75 bits per heavy atom. The first-order valence-corrected chi connectivity index (χ1v) is 5.92. The first-order valence-electron chi connectivity index (χ1n) is 5.92. The van der Waals surface area contributed by atoms with Gasteiger partial charge in [-0.1, -0.05) is 26.0 Å². The monoisotopic (exact) mass is 219 g/mol. The molecule has 0 unspecified atom stereocenters. The van der Waals surface area contributed by atoms with Crippen LogP contribution < -0.4 is 0 Å². The summed E-state index contributed by atoms with van der Waals surface area (Å²) in [6, 6.07) is 4.31. The van der Waals surface area contributed by atoms with Gasteiger partial charge in [0.1, 0.15) is 5.75 Å². The third-order valence-electron chi connectivity index (χ3n) is 2.99. The molecule has 0 heterocycles. The van der Waals surface area contributed by atoms with E-state index in [-0.39, 0.29) is 0 Å². The molecule has 0 aliphatic rings. The fourth-order valence-electron chi connectivity index (χ4n) is 1.66. The highest BCUT2D eigenvalue weighted by Crippen LogP contribution is 2.23. The zero-order valence-electron chi connectivity index (χ0n) is 10.6. The fraction of sp³-hybridized carbons (Fsp3) is 0.500. The Balaban J connectivity index is 3.00. The van der Waals surface area contributed by atoms with Gasteiger partial charge in [0.2, 0.25) is 0 Å². The molecule has 0 amide bonds. The molecule has 0 fully saturated rings. The minimum atomic E-state index is 0.356. The van der Waals surface area contributed by atoms with Gasteiger partial charge in [0.05, 0.1) is 0 Å². The van der Waals surface area contributed by atoms with Crippen LogP contribution in [0.4, 0.5) is 0 Å². The van der Waals surface area contributed by atoms with Gasteiger partial charge in [-0.05, 0) is 37.8 Å². The first-order chi connectivity index (χ1) is 7.60. The van der Waals surface area contributed by atoms with Gasteiger partial charge in [0.25, 0.3) is 0 Å². The average molecular weight is 219 g/mol. The van der Waals surface area contributed by atoms with Crippen LogP contribution in [0.3, 0.4) is 0 Å². The molecule has 1 rings (SSSR count). The Labute approximate surface area is 98.0 Å². The molecule has 1 aromatic rings. The third-order valence-corrected chi connectivity index (χ3v) is 2.99. The van der Waals surface area contributed by atoms with Crippen LogP contribution in [0.1, 0.15) is 43.4 Å². The molecule has 0 spiro atoms.